The van der Waals surface area contributed by atoms with E-state index in [1.54, 1.807) is 0 Å². The summed E-state index contributed by atoms with van der Waals surface area (Å²) in [5, 5.41) is 5.55. The second kappa shape index (κ2) is 8.02. The number of hydrogen-bond donors (Lipinski definition) is 2. The lowest BCUT2D eigenvalue weighted by Gasteiger charge is -2.45. The Bertz CT molecular complexity index is 611. The van der Waals surface area contributed by atoms with Gasteiger partial charge < -0.3 is 9.84 Å². The fourth-order valence-electron chi connectivity index (χ4n) is 4.16. The highest BCUT2D eigenvalue weighted by Gasteiger charge is 2.52. The van der Waals surface area contributed by atoms with E-state index >= 15 is 0 Å². The third kappa shape index (κ3) is 5.32. The van der Waals surface area contributed by atoms with Crippen LogP contribution >= 0.6 is 0 Å². The lowest BCUT2D eigenvalue weighted by Crippen LogP contribution is -2.42. The third-order valence-electron chi connectivity index (χ3n) is 5.36. The molecule has 0 amide bonds. The molecule has 152 valence electrons. The van der Waals surface area contributed by atoms with E-state index in [4.69, 9.17) is 4.55 Å². The Morgan fingerprint density at radius 3 is 2.65 bits per heavy atom. The third-order valence-corrected chi connectivity index (χ3v) is 6.30. The molecule has 0 heterocycles. The molecule has 0 spiro atoms. The van der Waals surface area contributed by atoms with Gasteiger partial charge in [-0.15, -0.1) is 0 Å². The van der Waals surface area contributed by atoms with E-state index < -0.39 is 46.1 Å². The van der Waals surface area contributed by atoms with Crippen LogP contribution in [0.5, 0.6) is 0 Å². The van der Waals surface area contributed by atoms with Gasteiger partial charge in [-0.25, -0.2) is 4.39 Å². The van der Waals surface area contributed by atoms with E-state index in [2.05, 4.69) is 4.74 Å². The van der Waals surface area contributed by atoms with E-state index in [0.717, 1.165) is 32.1 Å². The van der Waals surface area contributed by atoms with Crippen molar-refractivity contribution in [1.82, 2.24) is 0 Å². The van der Waals surface area contributed by atoms with Crippen LogP contribution < -0.4 is 0 Å². The highest BCUT2D eigenvalue weighted by molar-refractivity contribution is 7.86. The minimum atomic E-state index is -5.86. The number of carbonyl (C=O) groups is 1. The maximum absolute atomic E-state index is 13.3. The van der Waals surface area contributed by atoms with Gasteiger partial charge in [0.25, 0.3) is 0 Å². The van der Waals surface area contributed by atoms with Crippen molar-refractivity contribution < 1.29 is 40.8 Å². The molecule has 2 rings (SSSR count). The zero-order chi connectivity index (χ0) is 19.6. The molecule has 26 heavy (non-hydrogen) atoms. The first-order chi connectivity index (χ1) is 11.9. The topological polar surface area (TPSA) is 101 Å². The molecule has 2 aliphatic carbocycles. The van der Waals surface area contributed by atoms with Gasteiger partial charge in [-0.3, -0.25) is 9.35 Å². The van der Waals surface area contributed by atoms with E-state index in [0.29, 0.717) is 18.8 Å². The molecular formula is C16H25F3O6S. The number of aliphatic hydroxyl groups is 1. The summed E-state index contributed by atoms with van der Waals surface area (Å²) in [6, 6.07) is 0. The molecule has 2 N–H and O–H groups in total. The van der Waals surface area contributed by atoms with Crippen molar-refractivity contribution in [1.29, 1.82) is 0 Å². The Hall–Kier alpha value is -0.870. The van der Waals surface area contributed by atoms with Crippen LogP contribution in [0.15, 0.2) is 0 Å². The largest absolute Gasteiger partial charge is 0.466 e. The highest BCUT2D eigenvalue weighted by atomic mass is 32.2. The summed E-state index contributed by atoms with van der Waals surface area (Å²) in [7, 11) is -5.86. The molecule has 0 aliphatic heterocycles. The van der Waals surface area contributed by atoms with Crippen molar-refractivity contribution in [3.8, 4) is 0 Å². The van der Waals surface area contributed by atoms with Crippen molar-refractivity contribution in [3.05, 3.63) is 0 Å². The minimum absolute atomic E-state index is 0.0269. The normalized spacial score (nSPS) is 30.7. The fourth-order valence-corrected chi connectivity index (χ4v) is 4.60. The average Bonchev–Trinajstić information content (AvgIpc) is 2.50. The van der Waals surface area contributed by atoms with E-state index in [1.807, 2.05) is 0 Å². The fraction of sp³-hybridized carbons (Fsp3) is 0.938. The SMILES string of the molecule is O=C(CCC1CC2CCCC(O)(C2)C1)OCCC(F)C(F)(F)S(=O)(=O)O. The molecule has 4 unspecified atom stereocenters. The van der Waals surface area contributed by atoms with Crippen LogP contribution in [0.4, 0.5) is 13.2 Å². The van der Waals surface area contributed by atoms with Gasteiger partial charge in [0.1, 0.15) is 0 Å². The molecule has 0 aromatic rings. The molecule has 2 saturated carbocycles. The predicted molar refractivity (Wildman–Crippen MR) is 85.8 cm³/mol. The minimum Gasteiger partial charge on any atom is -0.466 e. The maximum atomic E-state index is 13.3. The number of halogens is 3. The summed E-state index contributed by atoms with van der Waals surface area (Å²) in [5.41, 5.74) is -0.654. The van der Waals surface area contributed by atoms with Gasteiger partial charge in [0, 0.05) is 12.8 Å². The Kier molecular flexibility index (Phi) is 6.61. The van der Waals surface area contributed by atoms with Crippen molar-refractivity contribution >= 4 is 16.1 Å². The lowest BCUT2D eigenvalue weighted by atomic mass is 9.64. The first kappa shape index (κ1) is 21.4. The van der Waals surface area contributed by atoms with E-state index in [9.17, 15) is 31.5 Å². The van der Waals surface area contributed by atoms with Gasteiger partial charge in [-0.2, -0.15) is 17.2 Å². The number of carbonyl (C=O) groups excluding carboxylic acids is 1. The zero-order valence-corrected chi connectivity index (χ0v) is 15.2. The quantitative estimate of drug-likeness (QED) is 0.478. The Labute approximate surface area is 150 Å². The number of fused-ring (bicyclic) bond motifs is 2. The van der Waals surface area contributed by atoms with Crippen LogP contribution in [0, 0.1) is 11.8 Å². The second-order valence-corrected chi connectivity index (χ2v) is 9.04. The second-order valence-electron chi connectivity index (χ2n) is 7.54. The highest BCUT2D eigenvalue weighted by Crippen LogP contribution is 2.46. The van der Waals surface area contributed by atoms with E-state index in [1.165, 1.54) is 0 Å². The predicted octanol–water partition coefficient (Wildman–Crippen LogP) is 2.85. The molecule has 0 saturated heterocycles. The van der Waals surface area contributed by atoms with Crippen molar-refractivity contribution in [3.63, 3.8) is 0 Å². The van der Waals surface area contributed by atoms with Gasteiger partial charge in [-0.1, -0.05) is 12.8 Å². The molecule has 0 radical (unpaired) electrons. The lowest BCUT2D eigenvalue weighted by molar-refractivity contribution is -0.145. The van der Waals surface area contributed by atoms with Crippen LogP contribution in [0.2, 0.25) is 0 Å². The summed E-state index contributed by atoms with van der Waals surface area (Å²) in [6.45, 7) is -0.706. The Morgan fingerprint density at radius 2 is 2.04 bits per heavy atom. The van der Waals surface area contributed by atoms with Crippen molar-refractivity contribution in [2.75, 3.05) is 6.61 Å². The summed E-state index contributed by atoms with van der Waals surface area (Å²) in [5.74, 6) is -0.0436. The number of esters is 1. The molecule has 2 aliphatic rings. The molecule has 2 bridgehead atoms. The summed E-state index contributed by atoms with van der Waals surface area (Å²) in [6.07, 6.45) is 1.53. The van der Waals surface area contributed by atoms with Gasteiger partial charge in [0.05, 0.1) is 12.2 Å². The molecule has 10 heteroatoms. The van der Waals surface area contributed by atoms with Gasteiger partial charge in [-0.05, 0) is 43.9 Å². The van der Waals surface area contributed by atoms with Gasteiger partial charge >= 0.3 is 21.3 Å². The van der Waals surface area contributed by atoms with Crippen molar-refractivity contribution in [2.24, 2.45) is 11.8 Å². The van der Waals surface area contributed by atoms with E-state index in [-0.39, 0.29) is 12.3 Å². The molecule has 0 aromatic carbocycles. The molecule has 4 atom stereocenters. The van der Waals surface area contributed by atoms with Crippen LogP contribution in [0.1, 0.15) is 57.8 Å². The summed E-state index contributed by atoms with van der Waals surface area (Å²) in [4.78, 5) is 11.7. The standard InChI is InChI=1S/C16H25F3O6S/c17-13(16(18,19)26(22,23)24)5-7-25-14(20)4-3-12-8-11-2-1-6-15(21,9-11)10-12/h11-13,21H,1-10H2,(H,22,23,24). The van der Waals surface area contributed by atoms with Gasteiger partial charge in [0.2, 0.25) is 0 Å². The molecular weight excluding hydrogens is 377 g/mol. The molecule has 0 aromatic heterocycles. The monoisotopic (exact) mass is 402 g/mol. The number of ether oxygens (including phenoxy) is 1. The smallest absolute Gasteiger partial charge is 0.400 e. The number of hydrogen-bond acceptors (Lipinski definition) is 5. The Morgan fingerprint density at radius 1 is 1.35 bits per heavy atom. The molecule has 2 fully saturated rings. The number of alkyl halides is 3. The van der Waals surface area contributed by atoms with Crippen LogP contribution in [0.3, 0.4) is 0 Å². The number of rotatable bonds is 8. The average molecular weight is 402 g/mol. The van der Waals surface area contributed by atoms with Crippen LogP contribution in [-0.2, 0) is 19.6 Å². The summed E-state index contributed by atoms with van der Waals surface area (Å²) < 4.78 is 73.1. The maximum Gasteiger partial charge on any atom is 0.400 e. The van der Waals surface area contributed by atoms with Crippen molar-refractivity contribution in [2.45, 2.75) is 74.8 Å². The van der Waals surface area contributed by atoms with Gasteiger partial charge in [0.15, 0.2) is 6.17 Å². The first-order valence-electron chi connectivity index (χ1n) is 8.80. The van der Waals surface area contributed by atoms with Crippen LogP contribution in [-0.4, -0.2) is 47.7 Å². The first-order valence-corrected chi connectivity index (χ1v) is 10.2. The zero-order valence-electron chi connectivity index (χ0n) is 14.4. The Balaban J connectivity index is 1.70. The summed E-state index contributed by atoms with van der Waals surface area (Å²) >= 11 is 0. The van der Waals surface area contributed by atoms with Crippen LogP contribution in [0.25, 0.3) is 0 Å². The molecule has 6 nitrogen and oxygen atoms in total.